The standard InChI is InChI=1S/C6H4N2S2/c9-4-1-5-6(7-2-4)8-3-10-5/h1-3,9H. The van der Waals surface area contributed by atoms with E-state index in [0.29, 0.717) is 0 Å². The number of hydrogen-bond donors (Lipinski definition) is 1. The molecule has 0 saturated carbocycles. The predicted molar refractivity (Wildman–Crippen MR) is 44.7 cm³/mol. The van der Waals surface area contributed by atoms with E-state index in [9.17, 15) is 0 Å². The van der Waals surface area contributed by atoms with Gasteiger partial charge >= 0.3 is 0 Å². The number of aromatic nitrogens is 2. The molecule has 4 heteroatoms. The highest BCUT2D eigenvalue weighted by atomic mass is 32.1. The molecule has 2 rings (SSSR count). The lowest BCUT2D eigenvalue weighted by Gasteiger charge is -1.87. The molecular formula is C6H4N2S2. The van der Waals surface area contributed by atoms with Gasteiger partial charge in [0.05, 0.1) is 10.2 Å². The Morgan fingerprint density at radius 1 is 1.40 bits per heavy atom. The first kappa shape index (κ1) is 6.12. The molecule has 2 aromatic heterocycles. The molecule has 0 spiro atoms. The lowest BCUT2D eigenvalue weighted by atomic mass is 10.5. The molecule has 50 valence electrons. The zero-order valence-corrected chi connectivity index (χ0v) is 6.69. The molecule has 2 aromatic rings. The van der Waals surface area contributed by atoms with Crippen molar-refractivity contribution in [2.24, 2.45) is 0 Å². The van der Waals surface area contributed by atoms with Gasteiger partial charge in [0.15, 0.2) is 5.65 Å². The van der Waals surface area contributed by atoms with Crippen LogP contribution in [-0.2, 0) is 0 Å². The lowest BCUT2D eigenvalue weighted by Crippen LogP contribution is -1.73. The summed E-state index contributed by atoms with van der Waals surface area (Å²) in [6, 6.07) is 1.96. The van der Waals surface area contributed by atoms with Crippen molar-refractivity contribution < 1.29 is 0 Å². The van der Waals surface area contributed by atoms with Crippen LogP contribution in [0.25, 0.3) is 10.3 Å². The topological polar surface area (TPSA) is 25.8 Å². The molecule has 0 amide bonds. The van der Waals surface area contributed by atoms with E-state index in [2.05, 4.69) is 22.6 Å². The molecule has 0 radical (unpaired) electrons. The monoisotopic (exact) mass is 168 g/mol. The molecule has 0 unspecified atom stereocenters. The van der Waals surface area contributed by atoms with Gasteiger partial charge in [0.1, 0.15) is 0 Å². The van der Waals surface area contributed by atoms with Crippen LogP contribution in [0, 0.1) is 0 Å². The Bertz CT molecular complexity index is 355. The maximum absolute atomic E-state index is 4.15. The van der Waals surface area contributed by atoms with Gasteiger partial charge in [-0.15, -0.1) is 24.0 Å². The maximum Gasteiger partial charge on any atom is 0.170 e. The second-order valence-corrected chi connectivity index (χ2v) is 3.27. The molecule has 0 bridgehead atoms. The fraction of sp³-hybridized carbons (Fsp3) is 0. The summed E-state index contributed by atoms with van der Waals surface area (Å²) < 4.78 is 1.09. The van der Waals surface area contributed by atoms with E-state index in [1.54, 1.807) is 23.0 Å². The second-order valence-electron chi connectivity index (χ2n) is 1.87. The van der Waals surface area contributed by atoms with Gasteiger partial charge in [-0.3, -0.25) is 0 Å². The Balaban J connectivity index is 2.86. The van der Waals surface area contributed by atoms with Gasteiger partial charge in [0.25, 0.3) is 0 Å². The normalized spacial score (nSPS) is 10.5. The summed E-state index contributed by atoms with van der Waals surface area (Å²) in [5.41, 5.74) is 2.59. The molecule has 0 aromatic carbocycles. The smallest absolute Gasteiger partial charge is 0.170 e. The van der Waals surface area contributed by atoms with Gasteiger partial charge in [-0.25, -0.2) is 9.97 Å². The molecule has 0 aliphatic carbocycles. The van der Waals surface area contributed by atoms with E-state index in [0.717, 1.165) is 15.2 Å². The molecule has 2 nitrogen and oxygen atoms in total. The van der Waals surface area contributed by atoms with E-state index in [1.165, 1.54) is 0 Å². The average Bonchev–Trinajstić information content (AvgIpc) is 2.33. The summed E-state index contributed by atoms with van der Waals surface area (Å²) in [4.78, 5) is 8.98. The maximum atomic E-state index is 4.15. The van der Waals surface area contributed by atoms with Crippen molar-refractivity contribution in [3.05, 3.63) is 17.8 Å². The summed E-state index contributed by atoms with van der Waals surface area (Å²) in [6.45, 7) is 0. The lowest BCUT2D eigenvalue weighted by molar-refractivity contribution is 1.27. The SMILES string of the molecule is Sc1cnc2ncsc2c1. The molecule has 0 aliphatic rings. The molecule has 0 N–H and O–H groups in total. The summed E-state index contributed by atoms with van der Waals surface area (Å²) in [5, 5.41) is 0. The van der Waals surface area contributed by atoms with Crippen LogP contribution in [-0.4, -0.2) is 9.97 Å². The summed E-state index contributed by atoms with van der Waals surface area (Å²) >= 11 is 5.73. The zero-order chi connectivity index (χ0) is 6.97. The third-order valence-electron chi connectivity index (χ3n) is 1.17. The molecule has 0 aliphatic heterocycles. The van der Waals surface area contributed by atoms with Crippen LogP contribution in [0.2, 0.25) is 0 Å². The van der Waals surface area contributed by atoms with Crippen LogP contribution in [0.5, 0.6) is 0 Å². The average molecular weight is 168 g/mol. The van der Waals surface area contributed by atoms with E-state index in [4.69, 9.17) is 0 Å². The summed E-state index contributed by atoms with van der Waals surface area (Å²) in [7, 11) is 0. The number of thiol groups is 1. The van der Waals surface area contributed by atoms with Crippen LogP contribution in [0.3, 0.4) is 0 Å². The Labute approximate surface area is 67.3 Å². The summed E-state index contributed by atoms with van der Waals surface area (Å²) in [5.74, 6) is 0. The summed E-state index contributed by atoms with van der Waals surface area (Å²) in [6.07, 6.45) is 1.70. The van der Waals surface area contributed by atoms with Crippen molar-refractivity contribution in [2.75, 3.05) is 0 Å². The van der Waals surface area contributed by atoms with Crippen molar-refractivity contribution in [1.82, 2.24) is 9.97 Å². The largest absolute Gasteiger partial charge is 0.235 e. The predicted octanol–water partition coefficient (Wildman–Crippen LogP) is 1.98. The molecule has 0 saturated heterocycles. The minimum absolute atomic E-state index is 0.808. The number of rotatable bonds is 0. The molecule has 10 heavy (non-hydrogen) atoms. The molecule has 0 fully saturated rings. The Kier molecular flexibility index (Phi) is 1.35. The fourth-order valence-electron chi connectivity index (χ4n) is 0.744. The Morgan fingerprint density at radius 2 is 2.30 bits per heavy atom. The van der Waals surface area contributed by atoms with Crippen LogP contribution in [0.15, 0.2) is 22.7 Å². The molecule has 0 atom stereocenters. The quantitative estimate of drug-likeness (QED) is 0.609. The van der Waals surface area contributed by atoms with Gasteiger partial charge in [-0.05, 0) is 6.07 Å². The number of thiazole rings is 1. The van der Waals surface area contributed by atoms with E-state index in [-0.39, 0.29) is 0 Å². The van der Waals surface area contributed by atoms with Crippen molar-refractivity contribution in [3.63, 3.8) is 0 Å². The van der Waals surface area contributed by atoms with Crippen LogP contribution in [0.4, 0.5) is 0 Å². The third kappa shape index (κ3) is 0.892. The van der Waals surface area contributed by atoms with Crippen molar-refractivity contribution in [3.8, 4) is 0 Å². The first-order valence-electron chi connectivity index (χ1n) is 2.74. The minimum atomic E-state index is 0.808. The van der Waals surface area contributed by atoms with E-state index < -0.39 is 0 Å². The van der Waals surface area contributed by atoms with Crippen LogP contribution in [0.1, 0.15) is 0 Å². The molecule has 2 heterocycles. The number of nitrogens with zero attached hydrogens (tertiary/aromatic N) is 2. The van der Waals surface area contributed by atoms with Crippen molar-refractivity contribution in [2.45, 2.75) is 4.90 Å². The van der Waals surface area contributed by atoms with Gasteiger partial charge < -0.3 is 0 Å². The molecular weight excluding hydrogens is 164 g/mol. The Hall–Kier alpha value is -0.610. The number of fused-ring (bicyclic) bond motifs is 1. The second kappa shape index (κ2) is 2.21. The minimum Gasteiger partial charge on any atom is -0.235 e. The highest BCUT2D eigenvalue weighted by molar-refractivity contribution is 7.80. The van der Waals surface area contributed by atoms with Gasteiger partial charge in [-0.1, -0.05) is 0 Å². The van der Waals surface area contributed by atoms with Gasteiger partial charge in [0.2, 0.25) is 0 Å². The third-order valence-corrected chi connectivity index (χ3v) is 2.18. The highest BCUT2D eigenvalue weighted by Crippen LogP contribution is 2.17. The van der Waals surface area contributed by atoms with Gasteiger partial charge in [0, 0.05) is 11.1 Å². The van der Waals surface area contributed by atoms with E-state index in [1.807, 2.05) is 6.07 Å². The number of hydrogen-bond acceptors (Lipinski definition) is 4. The van der Waals surface area contributed by atoms with Gasteiger partial charge in [-0.2, -0.15) is 0 Å². The number of pyridine rings is 1. The van der Waals surface area contributed by atoms with Crippen molar-refractivity contribution >= 4 is 34.3 Å². The highest BCUT2D eigenvalue weighted by Gasteiger charge is 1.95. The fourth-order valence-corrected chi connectivity index (χ4v) is 1.69. The zero-order valence-electron chi connectivity index (χ0n) is 4.98. The van der Waals surface area contributed by atoms with E-state index >= 15 is 0 Å². The van der Waals surface area contributed by atoms with Crippen molar-refractivity contribution in [1.29, 1.82) is 0 Å². The van der Waals surface area contributed by atoms with Crippen LogP contribution >= 0.6 is 24.0 Å². The first-order valence-corrected chi connectivity index (χ1v) is 4.07. The first-order chi connectivity index (χ1) is 4.86. The van der Waals surface area contributed by atoms with Crippen LogP contribution < -0.4 is 0 Å². The Morgan fingerprint density at radius 3 is 3.20 bits per heavy atom.